The Balaban J connectivity index is 1.84. The van der Waals surface area contributed by atoms with Crippen LogP contribution in [-0.2, 0) is 20.5 Å². The van der Waals surface area contributed by atoms with Gasteiger partial charge < -0.3 is 4.74 Å². The summed E-state index contributed by atoms with van der Waals surface area (Å²) in [5.74, 6) is -0.971. The van der Waals surface area contributed by atoms with Gasteiger partial charge in [0, 0.05) is 24.4 Å². The molecule has 0 unspecified atom stereocenters. The normalized spacial score (nSPS) is 15.5. The number of benzene rings is 1. The maximum Gasteiger partial charge on any atom is 0.416 e. The lowest BCUT2D eigenvalue weighted by atomic mass is 10.1. The minimum atomic E-state index is -4.45. The first-order chi connectivity index (χ1) is 13.2. The molecule has 0 N–H and O–H groups in total. The minimum Gasteiger partial charge on any atom is -0.402 e. The number of hydrogen-bond acceptors (Lipinski definition) is 6. The van der Waals surface area contributed by atoms with E-state index in [2.05, 4.69) is 9.98 Å². The maximum atomic E-state index is 12.6. The highest BCUT2D eigenvalue weighted by Gasteiger charge is 2.31. The van der Waals surface area contributed by atoms with Gasteiger partial charge in [-0.25, -0.2) is 14.8 Å². The number of cyclic esters (lactones) is 1. The van der Waals surface area contributed by atoms with Crippen LogP contribution in [0.4, 0.5) is 18.3 Å². The number of aromatic nitrogens is 1. The Morgan fingerprint density at radius 1 is 1.29 bits per heavy atom. The number of anilines is 1. The number of esters is 1. The van der Waals surface area contributed by atoms with Crippen molar-refractivity contribution in [3.63, 3.8) is 0 Å². The SMILES string of the molecule is CCN(C(C)=O)c1nc(/C=C2/N=C(c3ccc(C(F)(F)F)cc3)OC2=O)cs1. The number of carbonyl (C=O) groups is 2. The van der Waals surface area contributed by atoms with Crippen LogP contribution in [0, 0.1) is 0 Å². The molecule has 0 bridgehead atoms. The van der Waals surface area contributed by atoms with Crippen LogP contribution in [0.3, 0.4) is 0 Å². The molecule has 3 rings (SSSR count). The van der Waals surface area contributed by atoms with Gasteiger partial charge in [-0.1, -0.05) is 0 Å². The number of halogens is 3. The largest absolute Gasteiger partial charge is 0.416 e. The third-order valence-electron chi connectivity index (χ3n) is 3.80. The highest BCUT2D eigenvalue weighted by molar-refractivity contribution is 7.14. The van der Waals surface area contributed by atoms with Crippen molar-refractivity contribution in [2.45, 2.75) is 20.0 Å². The second-order valence-corrected chi connectivity index (χ2v) is 6.57. The molecule has 0 saturated heterocycles. The van der Waals surface area contributed by atoms with Crippen molar-refractivity contribution in [3.05, 3.63) is 52.2 Å². The number of rotatable bonds is 4. The van der Waals surface area contributed by atoms with Crippen LogP contribution in [0.2, 0.25) is 0 Å². The molecule has 0 spiro atoms. The van der Waals surface area contributed by atoms with Gasteiger partial charge in [-0.05, 0) is 37.3 Å². The van der Waals surface area contributed by atoms with Crippen molar-refractivity contribution in [2.75, 3.05) is 11.4 Å². The molecular weight excluding hydrogens is 395 g/mol. The van der Waals surface area contributed by atoms with E-state index in [1.54, 1.807) is 5.38 Å². The number of aliphatic imine (C=N–C) groups is 1. The molecule has 1 amide bonds. The van der Waals surface area contributed by atoms with Crippen LogP contribution in [-0.4, -0.2) is 29.3 Å². The van der Waals surface area contributed by atoms with Gasteiger partial charge >= 0.3 is 12.1 Å². The number of ether oxygens (including phenoxy) is 1. The monoisotopic (exact) mass is 409 g/mol. The van der Waals surface area contributed by atoms with E-state index in [-0.39, 0.29) is 23.1 Å². The summed E-state index contributed by atoms with van der Waals surface area (Å²) in [7, 11) is 0. The quantitative estimate of drug-likeness (QED) is 0.568. The lowest BCUT2D eigenvalue weighted by Gasteiger charge is -2.14. The Labute approximate surface area is 162 Å². The second-order valence-electron chi connectivity index (χ2n) is 5.73. The van der Waals surface area contributed by atoms with Gasteiger partial charge in [0.15, 0.2) is 10.8 Å². The minimum absolute atomic E-state index is 0.0300. The van der Waals surface area contributed by atoms with Crippen molar-refractivity contribution in [1.82, 2.24) is 4.98 Å². The van der Waals surface area contributed by atoms with Gasteiger partial charge in [0.1, 0.15) is 0 Å². The van der Waals surface area contributed by atoms with Gasteiger partial charge in [-0.3, -0.25) is 9.69 Å². The van der Waals surface area contributed by atoms with Crippen LogP contribution < -0.4 is 4.90 Å². The highest BCUT2D eigenvalue weighted by Crippen LogP contribution is 2.30. The van der Waals surface area contributed by atoms with E-state index in [4.69, 9.17) is 4.74 Å². The molecule has 0 fully saturated rings. The van der Waals surface area contributed by atoms with E-state index >= 15 is 0 Å². The number of hydrogen-bond donors (Lipinski definition) is 0. The molecule has 0 aliphatic carbocycles. The summed E-state index contributed by atoms with van der Waals surface area (Å²) < 4.78 is 43.0. The zero-order chi connectivity index (χ0) is 20.5. The molecule has 0 saturated carbocycles. The van der Waals surface area contributed by atoms with E-state index < -0.39 is 17.7 Å². The van der Waals surface area contributed by atoms with Gasteiger partial charge in [0.05, 0.1) is 11.3 Å². The van der Waals surface area contributed by atoms with Crippen LogP contribution in [0.5, 0.6) is 0 Å². The van der Waals surface area contributed by atoms with Gasteiger partial charge in [0.25, 0.3) is 0 Å². The van der Waals surface area contributed by atoms with Crippen molar-refractivity contribution in [2.24, 2.45) is 4.99 Å². The molecule has 28 heavy (non-hydrogen) atoms. The predicted octanol–water partition coefficient (Wildman–Crippen LogP) is 3.88. The summed E-state index contributed by atoms with van der Waals surface area (Å²) >= 11 is 1.24. The number of thiazole rings is 1. The first-order valence-electron chi connectivity index (χ1n) is 8.13. The van der Waals surface area contributed by atoms with Gasteiger partial charge in [-0.2, -0.15) is 13.2 Å². The fourth-order valence-corrected chi connectivity index (χ4v) is 3.32. The molecule has 1 aromatic carbocycles. The fraction of sp³-hybridized carbons (Fsp3) is 0.222. The highest BCUT2D eigenvalue weighted by atomic mass is 32.1. The van der Waals surface area contributed by atoms with E-state index in [0.717, 1.165) is 12.1 Å². The van der Waals surface area contributed by atoms with Crippen LogP contribution in [0.25, 0.3) is 6.08 Å². The Morgan fingerprint density at radius 2 is 1.96 bits per heavy atom. The van der Waals surface area contributed by atoms with Crippen LogP contribution in [0.15, 0.2) is 40.3 Å². The molecule has 146 valence electrons. The van der Waals surface area contributed by atoms with E-state index in [0.29, 0.717) is 17.4 Å². The van der Waals surface area contributed by atoms with E-state index in [1.807, 2.05) is 6.92 Å². The number of amides is 1. The Morgan fingerprint density at radius 3 is 2.54 bits per heavy atom. The molecule has 1 aliphatic heterocycles. The smallest absolute Gasteiger partial charge is 0.402 e. The van der Waals surface area contributed by atoms with Crippen LogP contribution >= 0.6 is 11.3 Å². The summed E-state index contributed by atoms with van der Waals surface area (Å²) in [6, 6.07) is 4.15. The summed E-state index contributed by atoms with van der Waals surface area (Å²) in [6.45, 7) is 3.70. The van der Waals surface area contributed by atoms with Gasteiger partial charge in [0.2, 0.25) is 11.8 Å². The predicted molar refractivity (Wildman–Crippen MR) is 97.9 cm³/mol. The Hall–Kier alpha value is -3.01. The Bertz CT molecular complexity index is 978. The number of carbonyl (C=O) groups excluding carboxylic acids is 2. The van der Waals surface area contributed by atoms with Crippen LogP contribution in [0.1, 0.15) is 30.7 Å². The number of alkyl halides is 3. The average Bonchev–Trinajstić information content (AvgIpc) is 3.22. The summed E-state index contributed by atoms with van der Waals surface area (Å²) in [6.07, 6.45) is -3.06. The van der Waals surface area contributed by atoms with Crippen molar-refractivity contribution in [1.29, 1.82) is 0 Å². The molecule has 2 heterocycles. The van der Waals surface area contributed by atoms with E-state index in [1.165, 1.54) is 41.4 Å². The summed E-state index contributed by atoms with van der Waals surface area (Å²) in [5, 5.41) is 2.15. The molecular formula is C18H14F3N3O3S. The molecule has 1 aliphatic rings. The standard InChI is InChI=1S/C18H14F3N3O3S/c1-3-24(10(2)25)17-22-13(9-28-17)8-14-16(26)27-15(23-14)11-4-6-12(7-5-11)18(19,20)21/h4-9H,3H2,1-2H3/b14-8+. The van der Waals surface area contributed by atoms with Crippen molar-refractivity contribution >= 4 is 40.3 Å². The lowest BCUT2D eigenvalue weighted by molar-refractivity contribution is -0.137. The molecule has 1 aromatic heterocycles. The lowest BCUT2D eigenvalue weighted by Crippen LogP contribution is -2.27. The Kier molecular flexibility index (Phi) is 5.32. The second kappa shape index (κ2) is 7.55. The molecule has 0 atom stereocenters. The molecule has 6 nitrogen and oxygen atoms in total. The summed E-state index contributed by atoms with van der Waals surface area (Å²) in [5.41, 5.74) is -0.169. The molecule has 2 aromatic rings. The first-order valence-corrected chi connectivity index (χ1v) is 9.01. The molecule has 10 heteroatoms. The zero-order valence-corrected chi connectivity index (χ0v) is 15.6. The first kappa shape index (κ1) is 19.7. The molecule has 0 radical (unpaired) electrons. The number of nitrogens with zero attached hydrogens (tertiary/aromatic N) is 3. The third kappa shape index (κ3) is 4.11. The maximum absolute atomic E-state index is 12.6. The zero-order valence-electron chi connectivity index (χ0n) is 14.8. The van der Waals surface area contributed by atoms with Crippen molar-refractivity contribution in [3.8, 4) is 0 Å². The third-order valence-corrected chi connectivity index (χ3v) is 4.68. The van der Waals surface area contributed by atoms with Crippen molar-refractivity contribution < 1.29 is 27.5 Å². The van der Waals surface area contributed by atoms with Gasteiger partial charge in [-0.15, -0.1) is 11.3 Å². The van der Waals surface area contributed by atoms with E-state index in [9.17, 15) is 22.8 Å². The average molecular weight is 409 g/mol. The topological polar surface area (TPSA) is 71.9 Å². The fourth-order valence-electron chi connectivity index (χ4n) is 2.43. The summed E-state index contributed by atoms with van der Waals surface area (Å²) in [4.78, 5) is 33.4.